The van der Waals surface area contributed by atoms with Gasteiger partial charge in [0.15, 0.2) is 0 Å². The molecule has 0 N–H and O–H groups in total. The van der Waals surface area contributed by atoms with E-state index in [1.165, 1.54) is 51.3 Å². The zero-order valence-corrected chi connectivity index (χ0v) is 26.8. The van der Waals surface area contributed by atoms with Gasteiger partial charge in [-0.05, 0) is 107 Å². The van der Waals surface area contributed by atoms with Gasteiger partial charge in [0.05, 0.1) is 18.1 Å². The van der Waals surface area contributed by atoms with E-state index in [4.69, 9.17) is 4.74 Å². The molecule has 0 spiro atoms. The summed E-state index contributed by atoms with van der Waals surface area (Å²) in [6, 6.07) is 0. The first-order valence-electron chi connectivity index (χ1n) is 15.2. The molecule has 1 radical (unpaired) electrons. The highest BCUT2D eigenvalue weighted by Crippen LogP contribution is 2.48. The lowest BCUT2D eigenvalue weighted by molar-refractivity contribution is 0.0216. The first-order chi connectivity index (χ1) is 18.4. The normalized spacial score (nSPS) is 25.6. The molecule has 229 valence electrons. The quantitative estimate of drug-likeness (QED) is 0.288. The topological polar surface area (TPSA) is 87.2 Å². The molecule has 0 amide bonds. The summed E-state index contributed by atoms with van der Waals surface area (Å²) in [6.07, 6.45) is 14.8. The summed E-state index contributed by atoms with van der Waals surface area (Å²) in [6.45, 7) is 11.9. The molecule has 0 aliphatic carbocycles. The molecular weight excluding hydrogens is 534 g/mol. The monoisotopic (exact) mass is 590 g/mol. The first-order valence-corrected chi connectivity index (χ1v) is 19.4. The molecule has 3 aliphatic rings. The Hall–Kier alpha value is -0.260. The molecule has 3 saturated heterocycles. The lowest BCUT2D eigenvalue weighted by atomic mass is 9.60. The van der Waals surface area contributed by atoms with Crippen LogP contribution in [0.4, 0.5) is 0 Å². The van der Waals surface area contributed by atoms with Crippen LogP contribution in [0.5, 0.6) is 0 Å². The Morgan fingerprint density at radius 3 is 1.92 bits per heavy atom. The van der Waals surface area contributed by atoms with Gasteiger partial charge in [-0.25, -0.2) is 16.8 Å². The maximum atomic E-state index is 11.8. The van der Waals surface area contributed by atoms with Crippen molar-refractivity contribution in [1.29, 1.82) is 0 Å². The van der Waals surface area contributed by atoms with E-state index >= 15 is 0 Å². The summed E-state index contributed by atoms with van der Waals surface area (Å²) in [5.74, 6) is 2.39. The largest absolute Gasteiger partial charge is 0.383 e. The Morgan fingerprint density at radius 1 is 0.769 bits per heavy atom. The van der Waals surface area contributed by atoms with Gasteiger partial charge in [-0.15, -0.1) is 0 Å². The van der Waals surface area contributed by atoms with E-state index in [0.29, 0.717) is 24.9 Å². The predicted molar refractivity (Wildman–Crippen MR) is 160 cm³/mol. The number of ether oxygens (including phenoxy) is 1. The number of nitrogens with zero attached hydrogens (tertiary/aromatic N) is 3. The van der Waals surface area contributed by atoms with Crippen molar-refractivity contribution in [3.8, 4) is 0 Å². The molecule has 2 atom stereocenters. The highest BCUT2D eigenvalue weighted by Gasteiger charge is 2.43. The lowest BCUT2D eigenvalue weighted by Gasteiger charge is -2.50. The first kappa shape index (κ1) is 33.2. The lowest BCUT2D eigenvalue weighted by Crippen LogP contribution is -2.49. The molecule has 10 heteroatoms. The van der Waals surface area contributed by atoms with E-state index < -0.39 is 19.7 Å². The van der Waals surface area contributed by atoms with Crippen LogP contribution in [0, 0.1) is 29.6 Å². The van der Waals surface area contributed by atoms with Gasteiger partial charge in [0.2, 0.25) is 0 Å². The minimum absolute atomic E-state index is 0.117. The van der Waals surface area contributed by atoms with Gasteiger partial charge in [-0.2, -0.15) is 0 Å². The molecule has 39 heavy (non-hydrogen) atoms. The molecule has 3 aliphatic heterocycles. The maximum Gasteiger partial charge on any atom is 0.148 e. The summed E-state index contributed by atoms with van der Waals surface area (Å²) in [7, 11) is -4.13. The SMILES string of the molecule is COCCN1CCC(CC[CH]C(C)(C2CCN(CCS(C)(=O)=O)CC2)C2CCCN(CCS(C)(=O)=O)C2)CC1. The van der Waals surface area contributed by atoms with Crippen LogP contribution in [0.3, 0.4) is 0 Å². The zero-order chi connectivity index (χ0) is 28.5. The Kier molecular flexibility index (Phi) is 13.0. The Labute approximate surface area is 240 Å². The zero-order valence-electron chi connectivity index (χ0n) is 25.2. The molecule has 8 nitrogen and oxygen atoms in total. The second kappa shape index (κ2) is 15.3. The molecular formula is C29H56N3O5S2. The number of hydrogen-bond donors (Lipinski definition) is 0. The van der Waals surface area contributed by atoms with Gasteiger partial charge in [0, 0.05) is 45.8 Å². The minimum Gasteiger partial charge on any atom is -0.383 e. The van der Waals surface area contributed by atoms with Gasteiger partial charge in [0.1, 0.15) is 19.7 Å². The summed E-state index contributed by atoms with van der Waals surface area (Å²) in [5.41, 5.74) is 0.117. The Bertz CT molecular complexity index is 929. The molecule has 0 aromatic heterocycles. The van der Waals surface area contributed by atoms with Gasteiger partial charge >= 0.3 is 0 Å². The van der Waals surface area contributed by atoms with Gasteiger partial charge in [-0.1, -0.05) is 13.3 Å². The predicted octanol–water partition coefficient (Wildman–Crippen LogP) is 2.85. The van der Waals surface area contributed by atoms with Crippen LogP contribution in [0.2, 0.25) is 0 Å². The smallest absolute Gasteiger partial charge is 0.148 e. The molecule has 3 rings (SSSR count). The van der Waals surface area contributed by atoms with E-state index in [2.05, 4.69) is 28.0 Å². The number of methoxy groups -OCH3 is 1. The fourth-order valence-corrected chi connectivity index (χ4v) is 8.33. The summed E-state index contributed by atoms with van der Waals surface area (Å²) in [4.78, 5) is 7.24. The van der Waals surface area contributed by atoms with E-state index in [1.54, 1.807) is 7.11 Å². The van der Waals surface area contributed by atoms with Gasteiger partial charge < -0.3 is 19.4 Å². The van der Waals surface area contributed by atoms with Crippen molar-refractivity contribution in [1.82, 2.24) is 14.7 Å². The van der Waals surface area contributed by atoms with Crippen molar-refractivity contribution in [2.24, 2.45) is 23.2 Å². The fraction of sp³-hybridized carbons (Fsp3) is 0.966. The van der Waals surface area contributed by atoms with Crippen LogP contribution in [0.1, 0.15) is 58.3 Å². The standard InChI is InChI=1S/C29H56N3O5S2/c1-29(27-11-17-31(18-12-27)20-23-38(3,33)34,28-8-6-14-32(25-28)21-24-39(4,35)36)13-5-7-26-9-15-30(16-10-26)19-22-37-2/h13,26-28H,5-12,14-25H2,1-4H3. The second-order valence-corrected chi connectivity index (χ2v) is 17.5. The number of piperidine rings is 3. The van der Waals surface area contributed by atoms with Crippen LogP contribution < -0.4 is 0 Å². The summed E-state index contributed by atoms with van der Waals surface area (Å²) in [5, 5.41) is 0. The molecule has 3 fully saturated rings. The third-order valence-corrected chi connectivity index (χ3v) is 11.7. The Morgan fingerprint density at radius 2 is 1.33 bits per heavy atom. The maximum absolute atomic E-state index is 11.8. The van der Waals surface area contributed by atoms with E-state index in [1.807, 2.05) is 0 Å². The molecule has 2 unspecified atom stereocenters. The molecule has 0 aromatic rings. The minimum atomic E-state index is -2.96. The van der Waals surface area contributed by atoms with E-state index in [-0.39, 0.29) is 16.9 Å². The highest BCUT2D eigenvalue weighted by molar-refractivity contribution is 7.90. The van der Waals surface area contributed by atoms with Crippen molar-refractivity contribution < 1.29 is 21.6 Å². The summed E-state index contributed by atoms with van der Waals surface area (Å²) >= 11 is 0. The highest BCUT2D eigenvalue weighted by atomic mass is 32.2. The van der Waals surface area contributed by atoms with Crippen molar-refractivity contribution in [2.75, 3.05) is 96.6 Å². The van der Waals surface area contributed by atoms with E-state index in [0.717, 1.165) is 70.9 Å². The Balaban J connectivity index is 1.59. The van der Waals surface area contributed by atoms with Crippen LogP contribution in [-0.4, -0.2) is 128 Å². The van der Waals surface area contributed by atoms with Crippen LogP contribution in [0.15, 0.2) is 0 Å². The number of sulfone groups is 2. The van der Waals surface area contributed by atoms with Crippen LogP contribution in [0.25, 0.3) is 0 Å². The summed E-state index contributed by atoms with van der Waals surface area (Å²) < 4.78 is 52.3. The van der Waals surface area contributed by atoms with Crippen LogP contribution in [-0.2, 0) is 24.4 Å². The van der Waals surface area contributed by atoms with Crippen molar-refractivity contribution in [2.45, 2.75) is 58.3 Å². The van der Waals surface area contributed by atoms with Crippen LogP contribution >= 0.6 is 0 Å². The van der Waals surface area contributed by atoms with Gasteiger partial charge in [-0.3, -0.25) is 0 Å². The van der Waals surface area contributed by atoms with Crippen molar-refractivity contribution in [3.63, 3.8) is 0 Å². The fourth-order valence-electron chi connectivity index (χ4n) is 7.15. The van der Waals surface area contributed by atoms with Crippen molar-refractivity contribution >= 4 is 19.7 Å². The third kappa shape index (κ3) is 11.5. The number of hydrogen-bond acceptors (Lipinski definition) is 8. The average Bonchev–Trinajstić information content (AvgIpc) is 2.90. The molecule has 0 saturated carbocycles. The second-order valence-electron chi connectivity index (χ2n) is 12.9. The van der Waals surface area contributed by atoms with Crippen molar-refractivity contribution in [3.05, 3.63) is 6.42 Å². The van der Waals surface area contributed by atoms with Gasteiger partial charge in [0.25, 0.3) is 0 Å². The number of rotatable bonds is 15. The molecule has 0 bridgehead atoms. The van der Waals surface area contributed by atoms with E-state index in [9.17, 15) is 16.8 Å². The number of likely N-dealkylation sites (tertiary alicyclic amines) is 3. The molecule has 0 aromatic carbocycles. The average molecular weight is 591 g/mol. The third-order valence-electron chi connectivity index (χ3n) is 9.89. The molecule has 3 heterocycles.